The molecule has 2 unspecified atom stereocenters. The first-order valence-electron chi connectivity index (χ1n) is 5.67. The number of carbonyl (C=O) groups excluding carboxylic acids is 1. The van der Waals surface area contributed by atoms with Gasteiger partial charge in [-0.2, -0.15) is 11.8 Å². The van der Waals surface area contributed by atoms with E-state index in [1.54, 1.807) is 0 Å². The predicted molar refractivity (Wildman–Crippen MR) is 66.0 cm³/mol. The standard InChI is InChI=1S/C11H22N2OS/c1-4-5-11(3,12)10(14)13-6-7-15-9(2)8-13/h9H,4-8,12H2,1-3H3. The smallest absolute Gasteiger partial charge is 0.242 e. The minimum Gasteiger partial charge on any atom is -0.339 e. The number of nitrogens with two attached hydrogens (primary N) is 1. The van der Waals surface area contributed by atoms with Crippen molar-refractivity contribution in [2.45, 2.75) is 44.4 Å². The predicted octanol–water partition coefficient (Wildman–Crippen LogP) is 1.47. The Morgan fingerprint density at radius 1 is 1.67 bits per heavy atom. The SMILES string of the molecule is CCCC(C)(N)C(=O)N1CCSC(C)C1. The van der Waals surface area contributed by atoms with Gasteiger partial charge in [0, 0.05) is 24.1 Å². The Morgan fingerprint density at radius 3 is 2.87 bits per heavy atom. The van der Waals surface area contributed by atoms with Gasteiger partial charge >= 0.3 is 0 Å². The lowest BCUT2D eigenvalue weighted by atomic mass is 9.95. The maximum absolute atomic E-state index is 12.1. The highest BCUT2D eigenvalue weighted by molar-refractivity contribution is 7.99. The van der Waals surface area contributed by atoms with E-state index in [0.717, 1.165) is 31.7 Å². The first kappa shape index (κ1) is 12.8. The fourth-order valence-corrected chi connectivity index (χ4v) is 3.00. The van der Waals surface area contributed by atoms with Crippen LogP contribution in [0.5, 0.6) is 0 Å². The molecular formula is C11H22N2OS. The van der Waals surface area contributed by atoms with Crippen molar-refractivity contribution < 1.29 is 4.79 Å². The molecule has 0 radical (unpaired) electrons. The van der Waals surface area contributed by atoms with Gasteiger partial charge in [0.2, 0.25) is 5.91 Å². The molecular weight excluding hydrogens is 208 g/mol. The Labute approximate surface area is 96.8 Å². The van der Waals surface area contributed by atoms with Crippen LogP contribution in [0.25, 0.3) is 0 Å². The summed E-state index contributed by atoms with van der Waals surface area (Å²) in [6.45, 7) is 7.78. The summed E-state index contributed by atoms with van der Waals surface area (Å²) < 4.78 is 0. The first-order valence-corrected chi connectivity index (χ1v) is 6.72. The number of hydrogen-bond donors (Lipinski definition) is 1. The van der Waals surface area contributed by atoms with Crippen molar-refractivity contribution in [3.05, 3.63) is 0 Å². The summed E-state index contributed by atoms with van der Waals surface area (Å²) in [7, 11) is 0. The van der Waals surface area contributed by atoms with Crippen molar-refractivity contribution in [1.29, 1.82) is 0 Å². The molecule has 0 aromatic heterocycles. The summed E-state index contributed by atoms with van der Waals surface area (Å²) in [6, 6.07) is 0. The van der Waals surface area contributed by atoms with Crippen LogP contribution >= 0.6 is 11.8 Å². The van der Waals surface area contributed by atoms with Gasteiger partial charge in [0.05, 0.1) is 5.54 Å². The summed E-state index contributed by atoms with van der Waals surface area (Å²) in [5.41, 5.74) is 5.38. The van der Waals surface area contributed by atoms with Crippen molar-refractivity contribution in [2.75, 3.05) is 18.8 Å². The zero-order valence-electron chi connectivity index (χ0n) is 9.95. The fraction of sp³-hybridized carbons (Fsp3) is 0.909. The van der Waals surface area contributed by atoms with Gasteiger partial charge in [-0.3, -0.25) is 4.79 Å². The van der Waals surface area contributed by atoms with Gasteiger partial charge in [-0.05, 0) is 13.3 Å². The van der Waals surface area contributed by atoms with Crippen molar-refractivity contribution in [3.63, 3.8) is 0 Å². The third kappa shape index (κ3) is 3.38. The summed E-state index contributed by atoms with van der Waals surface area (Å²) in [5.74, 6) is 1.16. The molecule has 0 saturated carbocycles. The Kier molecular flexibility index (Phi) is 4.46. The third-order valence-corrected chi connectivity index (χ3v) is 3.92. The molecule has 1 amide bonds. The van der Waals surface area contributed by atoms with Crippen LogP contribution in [-0.4, -0.2) is 40.4 Å². The highest BCUT2D eigenvalue weighted by Gasteiger charge is 2.33. The van der Waals surface area contributed by atoms with Crippen molar-refractivity contribution >= 4 is 17.7 Å². The summed E-state index contributed by atoms with van der Waals surface area (Å²) in [6.07, 6.45) is 1.72. The molecule has 1 aliphatic rings. The summed E-state index contributed by atoms with van der Waals surface area (Å²) in [5, 5.41) is 0.542. The van der Waals surface area contributed by atoms with Crippen LogP contribution in [0.3, 0.4) is 0 Å². The molecule has 1 aliphatic heterocycles. The number of hydrogen-bond acceptors (Lipinski definition) is 3. The molecule has 0 spiro atoms. The van der Waals surface area contributed by atoms with Gasteiger partial charge in [0.25, 0.3) is 0 Å². The van der Waals surface area contributed by atoms with Gasteiger partial charge in [-0.25, -0.2) is 0 Å². The average molecular weight is 230 g/mol. The van der Waals surface area contributed by atoms with Gasteiger partial charge in [-0.15, -0.1) is 0 Å². The molecule has 88 valence electrons. The van der Waals surface area contributed by atoms with Crippen LogP contribution in [0, 0.1) is 0 Å². The van der Waals surface area contributed by atoms with Gasteiger partial charge in [-0.1, -0.05) is 20.3 Å². The van der Waals surface area contributed by atoms with E-state index in [0.29, 0.717) is 5.25 Å². The first-order chi connectivity index (χ1) is 6.97. The van der Waals surface area contributed by atoms with Crippen LogP contribution in [0.4, 0.5) is 0 Å². The second-order valence-corrected chi connectivity index (χ2v) is 6.15. The molecule has 0 aromatic carbocycles. The largest absolute Gasteiger partial charge is 0.339 e. The Morgan fingerprint density at radius 2 is 2.33 bits per heavy atom. The summed E-state index contributed by atoms with van der Waals surface area (Å²) >= 11 is 1.93. The molecule has 2 N–H and O–H groups in total. The number of rotatable bonds is 3. The van der Waals surface area contributed by atoms with Gasteiger partial charge in [0.15, 0.2) is 0 Å². The van der Waals surface area contributed by atoms with Crippen LogP contribution in [0.2, 0.25) is 0 Å². The van der Waals surface area contributed by atoms with E-state index in [-0.39, 0.29) is 5.91 Å². The second kappa shape index (κ2) is 5.21. The van der Waals surface area contributed by atoms with E-state index in [1.807, 2.05) is 23.6 Å². The molecule has 1 saturated heterocycles. The van der Waals surface area contributed by atoms with Gasteiger partial charge in [0.1, 0.15) is 0 Å². The van der Waals surface area contributed by atoms with Crippen LogP contribution in [0.15, 0.2) is 0 Å². The second-order valence-electron chi connectivity index (χ2n) is 4.60. The van der Waals surface area contributed by atoms with Crippen molar-refractivity contribution in [3.8, 4) is 0 Å². The number of carbonyl (C=O) groups is 1. The number of thioether (sulfide) groups is 1. The highest BCUT2D eigenvalue weighted by atomic mass is 32.2. The topological polar surface area (TPSA) is 46.3 Å². The Hall–Kier alpha value is -0.220. The molecule has 1 fully saturated rings. The molecule has 3 nitrogen and oxygen atoms in total. The lowest BCUT2D eigenvalue weighted by molar-refractivity contribution is -0.136. The normalized spacial score (nSPS) is 26.1. The van der Waals surface area contributed by atoms with Gasteiger partial charge < -0.3 is 10.6 Å². The maximum Gasteiger partial charge on any atom is 0.242 e. The molecule has 2 atom stereocenters. The number of nitrogens with zero attached hydrogens (tertiary/aromatic N) is 1. The van der Waals surface area contributed by atoms with E-state index < -0.39 is 5.54 Å². The number of amides is 1. The fourth-order valence-electron chi connectivity index (χ4n) is 1.99. The molecule has 1 rings (SSSR count). The van der Waals surface area contributed by atoms with Crippen molar-refractivity contribution in [1.82, 2.24) is 4.90 Å². The van der Waals surface area contributed by atoms with Crippen LogP contribution in [0.1, 0.15) is 33.6 Å². The molecule has 0 bridgehead atoms. The summed E-state index contributed by atoms with van der Waals surface area (Å²) in [4.78, 5) is 14.1. The zero-order chi connectivity index (χ0) is 11.5. The average Bonchev–Trinajstić information content (AvgIpc) is 2.16. The van der Waals surface area contributed by atoms with Crippen LogP contribution in [-0.2, 0) is 4.79 Å². The molecule has 0 aromatic rings. The third-order valence-electron chi connectivity index (χ3n) is 2.79. The quantitative estimate of drug-likeness (QED) is 0.798. The molecule has 15 heavy (non-hydrogen) atoms. The minimum absolute atomic E-state index is 0.122. The monoisotopic (exact) mass is 230 g/mol. The Balaban J connectivity index is 2.58. The minimum atomic E-state index is -0.670. The lowest BCUT2D eigenvalue weighted by Crippen LogP contribution is -2.55. The van der Waals surface area contributed by atoms with E-state index in [1.165, 1.54) is 0 Å². The van der Waals surface area contributed by atoms with Crippen molar-refractivity contribution in [2.24, 2.45) is 5.73 Å². The molecule has 1 heterocycles. The lowest BCUT2D eigenvalue weighted by Gasteiger charge is -2.36. The molecule has 4 heteroatoms. The maximum atomic E-state index is 12.1. The van der Waals surface area contributed by atoms with E-state index in [2.05, 4.69) is 13.8 Å². The Bertz CT molecular complexity index is 231. The van der Waals surface area contributed by atoms with E-state index in [9.17, 15) is 4.79 Å². The molecule has 0 aliphatic carbocycles. The van der Waals surface area contributed by atoms with Crippen LogP contribution < -0.4 is 5.73 Å². The van der Waals surface area contributed by atoms with E-state index in [4.69, 9.17) is 5.73 Å². The highest BCUT2D eigenvalue weighted by Crippen LogP contribution is 2.21. The zero-order valence-corrected chi connectivity index (χ0v) is 10.8. The van der Waals surface area contributed by atoms with E-state index >= 15 is 0 Å².